The minimum Gasteiger partial charge on any atom is -0.473 e. The first-order valence-electron chi connectivity index (χ1n) is 4.90. The lowest BCUT2D eigenvalue weighted by atomic mass is 9.82. The SMILES string of the molecule is NCC1CC(Oc2nc[nH]c(=O)c2N)C1. The van der Waals surface area contributed by atoms with Crippen molar-refractivity contribution in [2.75, 3.05) is 12.3 Å². The van der Waals surface area contributed by atoms with Gasteiger partial charge in [-0.05, 0) is 25.3 Å². The number of aromatic amines is 1. The Morgan fingerprint density at radius 2 is 2.33 bits per heavy atom. The van der Waals surface area contributed by atoms with Crippen LogP contribution in [0.2, 0.25) is 0 Å². The van der Waals surface area contributed by atoms with E-state index in [0.29, 0.717) is 12.5 Å². The van der Waals surface area contributed by atoms with E-state index in [-0.39, 0.29) is 23.2 Å². The molecule has 0 aromatic carbocycles. The number of nitrogens with one attached hydrogen (secondary N) is 1. The zero-order valence-corrected chi connectivity index (χ0v) is 8.27. The molecule has 1 fully saturated rings. The van der Waals surface area contributed by atoms with Gasteiger partial charge in [0, 0.05) is 0 Å². The largest absolute Gasteiger partial charge is 0.473 e. The van der Waals surface area contributed by atoms with Gasteiger partial charge in [-0.25, -0.2) is 4.98 Å². The van der Waals surface area contributed by atoms with E-state index in [4.69, 9.17) is 16.2 Å². The lowest BCUT2D eigenvalue weighted by molar-refractivity contribution is 0.0654. The summed E-state index contributed by atoms with van der Waals surface area (Å²) in [5.41, 5.74) is 10.7. The third kappa shape index (κ3) is 1.94. The molecule has 6 nitrogen and oxygen atoms in total. The fourth-order valence-electron chi connectivity index (χ4n) is 1.61. The standard InChI is InChI=1S/C9H14N4O2/c10-3-5-1-6(2-5)15-9-7(11)8(14)12-4-13-9/h4-6H,1-3,10-11H2,(H,12,13,14). The Kier molecular flexibility index (Phi) is 2.59. The highest BCUT2D eigenvalue weighted by Gasteiger charge is 2.30. The van der Waals surface area contributed by atoms with E-state index < -0.39 is 0 Å². The van der Waals surface area contributed by atoms with Crippen LogP contribution in [0, 0.1) is 5.92 Å². The van der Waals surface area contributed by atoms with Gasteiger partial charge >= 0.3 is 0 Å². The van der Waals surface area contributed by atoms with E-state index in [2.05, 4.69) is 9.97 Å². The maximum absolute atomic E-state index is 11.1. The average Bonchev–Trinajstić information content (AvgIpc) is 2.17. The Bertz CT molecular complexity index is 397. The topological polar surface area (TPSA) is 107 Å². The zero-order chi connectivity index (χ0) is 10.8. The predicted octanol–water partition coefficient (Wildman–Crippen LogP) is -0.532. The van der Waals surface area contributed by atoms with Crippen LogP contribution in [0.1, 0.15) is 12.8 Å². The molecule has 0 spiro atoms. The van der Waals surface area contributed by atoms with Crippen molar-refractivity contribution in [1.29, 1.82) is 0 Å². The number of nitrogens with zero attached hydrogens (tertiary/aromatic N) is 1. The highest BCUT2D eigenvalue weighted by Crippen LogP contribution is 2.30. The molecule has 0 unspecified atom stereocenters. The van der Waals surface area contributed by atoms with Crippen LogP contribution in [0.4, 0.5) is 5.69 Å². The van der Waals surface area contributed by atoms with Crippen molar-refractivity contribution >= 4 is 5.69 Å². The molecule has 0 aliphatic heterocycles. The van der Waals surface area contributed by atoms with Crippen molar-refractivity contribution in [2.24, 2.45) is 11.7 Å². The first-order valence-corrected chi connectivity index (χ1v) is 4.90. The maximum atomic E-state index is 11.1. The van der Waals surface area contributed by atoms with Gasteiger partial charge in [0.2, 0.25) is 5.88 Å². The number of aromatic nitrogens is 2. The molecular formula is C9H14N4O2. The quantitative estimate of drug-likeness (QED) is 0.621. The molecule has 0 radical (unpaired) electrons. The van der Waals surface area contributed by atoms with Gasteiger partial charge in [0.25, 0.3) is 5.56 Å². The number of anilines is 1. The molecule has 1 saturated carbocycles. The van der Waals surface area contributed by atoms with E-state index in [9.17, 15) is 4.79 Å². The summed E-state index contributed by atoms with van der Waals surface area (Å²) in [5, 5.41) is 0. The van der Waals surface area contributed by atoms with Gasteiger partial charge in [-0.15, -0.1) is 0 Å². The first kappa shape index (κ1) is 9.97. The second-order valence-corrected chi connectivity index (χ2v) is 3.76. The number of hydrogen-bond acceptors (Lipinski definition) is 5. The predicted molar refractivity (Wildman–Crippen MR) is 55.5 cm³/mol. The first-order chi connectivity index (χ1) is 7.20. The maximum Gasteiger partial charge on any atom is 0.277 e. The number of rotatable bonds is 3. The van der Waals surface area contributed by atoms with Gasteiger partial charge in [-0.1, -0.05) is 0 Å². The fourth-order valence-corrected chi connectivity index (χ4v) is 1.61. The summed E-state index contributed by atoms with van der Waals surface area (Å²) in [6.45, 7) is 0.679. The van der Waals surface area contributed by atoms with Gasteiger partial charge in [0.1, 0.15) is 6.10 Å². The van der Waals surface area contributed by atoms with Crippen LogP contribution in [-0.4, -0.2) is 22.6 Å². The van der Waals surface area contributed by atoms with Crippen molar-refractivity contribution < 1.29 is 4.74 Å². The van der Waals surface area contributed by atoms with Gasteiger partial charge in [-0.3, -0.25) is 4.79 Å². The van der Waals surface area contributed by atoms with E-state index in [1.54, 1.807) is 0 Å². The minimum atomic E-state index is -0.366. The van der Waals surface area contributed by atoms with Crippen LogP contribution in [0.3, 0.4) is 0 Å². The van der Waals surface area contributed by atoms with E-state index in [1.807, 2.05) is 0 Å². The summed E-state index contributed by atoms with van der Waals surface area (Å²) < 4.78 is 5.48. The molecule has 2 rings (SSSR count). The molecule has 0 atom stereocenters. The Labute approximate surface area is 86.6 Å². The number of hydrogen-bond donors (Lipinski definition) is 3. The molecule has 0 bridgehead atoms. The molecule has 82 valence electrons. The second-order valence-electron chi connectivity index (χ2n) is 3.76. The Morgan fingerprint density at radius 1 is 1.60 bits per heavy atom. The van der Waals surface area contributed by atoms with Crippen molar-refractivity contribution in [3.05, 3.63) is 16.7 Å². The fraction of sp³-hybridized carbons (Fsp3) is 0.556. The molecule has 1 aromatic heterocycles. The molecular weight excluding hydrogens is 196 g/mol. The van der Waals surface area contributed by atoms with Crippen LogP contribution >= 0.6 is 0 Å². The Hall–Kier alpha value is -1.56. The van der Waals surface area contributed by atoms with Crippen LogP contribution in [-0.2, 0) is 0 Å². The molecule has 1 aliphatic carbocycles. The highest BCUT2D eigenvalue weighted by atomic mass is 16.5. The third-order valence-corrected chi connectivity index (χ3v) is 2.66. The van der Waals surface area contributed by atoms with Crippen LogP contribution in [0.5, 0.6) is 5.88 Å². The Balaban J connectivity index is 2.00. The van der Waals surface area contributed by atoms with Crippen LogP contribution < -0.4 is 21.8 Å². The molecule has 1 aliphatic rings. The second kappa shape index (κ2) is 3.90. The Morgan fingerprint density at radius 3 is 3.00 bits per heavy atom. The van der Waals surface area contributed by atoms with Gasteiger partial charge < -0.3 is 21.2 Å². The minimum absolute atomic E-state index is 0.0358. The molecule has 1 aromatic rings. The zero-order valence-electron chi connectivity index (χ0n) is 8.27. The average molecular weight is 210 g/mol. The lowest BCUT2D eigenvalue weighted by Gasteiger charge is -2.34. The third-order valence-electron chi connectivity index (χ3n) is 2.66. The summed E-state index contributed by atoms with van der Waals surface area (Å²) in [5.74, 6) is 0.748. The summed E-state index contributed by atoms with van der Waals surface area (Å²) in [6, 6.07) is 0. The molecule has 6 heteroatoms. The smallest absolute Gasteiger partial charge is 0.277 e. The van der Waals surface area contributed by atoms with Crippen molar-refractivity contribution in [3.63, 3.8) is 0 Å². The van der Waals surface area contributed by atoms with Crippen molar-refractivity contribution in [3.8, 4) is 5.88 Å². The normalized spacial score (nSPS) is 24.6. The van der Waals surface area contributed by atoms with Gasteiger partial charge in [0.05, 0.1) is 6.33 Å². The monoisotopic (exact) mass is 210 g/mol. The number of H-pyrrole nitrogens is 1. The van der Waals surface area contributed by atoms with Crippen molar-refractivity contribution in [2.45, 2.75) is 18.9 Å². The molecule has 0 saturated heterocycles. The summed E-state index contributed by atoms with van der Waals surface area (Å²) in [7, 11) is 0. The van der Waals surface area contributed by atoms with Gasteiger partial charge in [0.15, 0.2) is 5.69 Å². The van der Waals surface area contributed by atoms with Gasteiger partial charge in [-0.2, -0.15) is 0 Å². The lowest BCUT2D eigenvalue weighted by Crippen LogP contribution is -2.38. The van der Waals surface area contributed by atoms with E-state index >= 15 is 0 Å². The van der Waals surface area contributed by atoms with E-state index in [0.717, 1.165) is 12.8 Å². The number of nitrogens with two attached hydrogens (primary N) is 2. The van der Waals surface area contributed by atoms with Crippen molar-refractivity contribution in [1.82, 2.24) is 9.97 Å². The highest BCUT2D eigenvalue weighted by molar-refractivity contribution is 5.44. The molecule has 1 heterocycles. The summed E-state index contributed by atoms with van der Waals surface area (Å²) >= 11 is 0. The summed E-state index contributed by atoms with van der Waals surface area (Å²) in [4.78, 5) is 17.4. The molecule has 5 N–H and O–H groups in total. The summed E-state index contributed by atoms with van der Waals surface area (Å²) in [6.07, 6.45) is 3.19. The van der Waals surface area contributed by atoms with E-state index in [1.165, 1.54) is 6.33 Å². The number of nitrogen functional groups attached to an aromatic ring is 1. The number of ether oxygens (including phenoxy) is 1. The van der Waals surface area contributed by atoms with Crippen LogP contribution in [0.25, 0.3) is 0 Å². The molecule has 15 heavy (non-hydrogen) atoms. The molecule has 0 amide bonds. The van der Waals surface area contributed by atoms with Crippen LogP contribution in [0.15, 0.2) is 11.1 Å².